The number of quaternary nitrogens is 2. The van der Waals surface area contributed by atoms with Crippen LogP contribution in [0.4, 0.5) is 0 Å². The van der Waals surface area contributed by atoms with Crippen molar-refractivity contribution in [3.63, 3.8) is 0 Å². The molecule has 3 aliphatic rings. The van der Waals surface area contributed by atoms with E-state index in [9.17, 15) is 10.2 Å². The molecular weight excluding hydrogens is 554 g/mol. The Balaban J connectivity index is 1.77. The highest BCUT2D eigenvalue weighted by molar-refractivity contribution is 14.1. The summed E-state index contributed by atoms with van der Waals surface area (Å²) in [6.07, 6.45) is 6.97. The van der Waals surface area contributed by atoms with E-state index in [-0.39, 0.29) is 0 Å². The largest absolute Gasteiger partial charge is 0.383 e. The lowest BCUT2D eigenvalue weighted by Gasteiger charge is -2.51. The van der Waals surface area contributed by atoms with E-state index in [4.69, 9.17) is 0 Å². The maximum Gasteiger partial charge on any atom is 0.129 e. The van der Waals surface area contributed by atoms with Crippen molar-refractivity contribution >= 4 is 45.2 Å². The van der Waals surface area contributed by atoms with E-state index in [0.29, 0.717) is 24.9 Å². The number of hydrogen-bond acceptors (Lipinski definition) is 2. The van der Waals surface area contributed by atoms with E-state index in [1.165, 1.54) is 0 Å². The van der Waals surface area contributed by atoms with Gasteiger partial charge in [0.15, 0.2) is 0 Å². The minimum absolute atomic E-state index is 0.550. The fraction of sp³-hybridized carbons (Fsp3) is 0.800. The lowest BCUT2D eigenvalue weighted by Crippen LogP contribution is -2.70. The number of aliphatic hydroxyl groups is 2. The Morgan fingerprint density at radius 3 is 1.42 bits per heavy atom. The second-order valence-electron chi connectivity index (χ2n) is 9.11. The molecule has 3 saturated heterocycles. The zero-order valence-corrected chi connectivity index (χ0v) is 20.1. The fourth-order valence-corrected chi connectivity index (χ4v) is 8.42. The molecule has 0 amide bonds. The molecule has 3 heterocycles. The van der Waals surface area contributed by atoms with Gasteiger partial charge in [-0.25, -0.2) is 0 Å². The standard InChI is InChI=1S/C20H34I2N2O2/c1-3-5-19(25)11-17(13-21)23(15-19)7-9-24(10-8-23)16-20(26,6-4-2)12-18(24)14-22/h3-4,17-18,25-26H,1-2,5-16H2/q+2/t17-,18-,19+,20+,23?,24?/m1/s1. The topological polar surface area (TPSA) is 40.5 Å². The SMILES string of the molecule is C=CC[C@]1(O)C[C@H](CI)[N+]2(CC[N+]3(CC2)C[C@](O)(CC=C)C[C@@H]3CI)C1. The Hall–Kier alpha value is 0.780. The number of alkyl halides is 2. The van der Waals surface area contributed by atoms with Crippen molar-refractivity contribution in [1.82, 2.24) is 0 Å². The highest BCUT2D eigenvalue weighted by Crippen LogP contribution is 2.44. The van der Waals surface area contributed by atoms with Gasteiger partial charge < -0.3 is 19.2 Å². The second-order valence-corrected chi connectivity index (χ2v) is 10.9. The summed E-state index contributed by atoms with van der Waals surface area (Å²) in [5, 5.41) is 22.1. The van der Waals surface area contributed by atoms with E-state index in [2.05, 4.69) is 58.3 Å². The first-order chi connectivity index (χ1) is 12.3. The lowest BCUT2D eigenvalue weighted by molar-refractivity contribution is -1.04. The average Bonchev–Trinajstić information content (AvgIpc) is 3.03. The molecule has 0 aromatic heterocycles. The molecule has 0 aromatic carbocycles. The van der Waals surface area contributed by atoms with Gasteiger partial charge in [-0.1, -0.05) is 57.3 Å². The number of nitrogens with zero attached hydrogens (tertiary/aromatic N) is 2. The molecule has 0 radical (unpaired) electrons. The van der Waals surface area contributed by atoms with Crippen LogP contribution >= 0.6 is 45.2 Å². The average molecular weight is 588 g/mol. The molecule has 3 rings (SSSR count). The summed E-state index contributed by atoms with van der Waals surface area (Å²) in [6, 6.07) is 1.10. The van der Waals surface area contributed by atoms with Crippen molar-refractivity contribution in [3.8, 4) is 0 Å². The maximum atomic E-state index is 11.1. The summed E-state index contributed by atoms with van der Waals surface area (Å²) in [4.78, 5) is 0. The third-order valence-electron chi connectivity index (χ3n) is 7.38. The Kier molecular flexibility index (Phi) is 6.52. The van der Waals surface area contributed by atoms with E-state index in [0.717, 1.165) is 69.9 Å². The van der Waals surface area contributed by atoms with Gasteiger partial charge in [-0.05, 0) is 12.8 Å². The molecule has 3 fully saturated rings. The molecule has 0 bridgehead atoms. The van der Waals surface area contributed by atoms with E-state index in [1.807, 2.05) is 12.2 Å². The molecule has 4 nitrogen and oxygen atoms in total. The first-order valence-electron chi connectivity index (χ1n) is 9.78. The van der Waals surface area contributed by atoms with Gasteiger partial charge in [0.2, 0.25) is 0 Å². The first-order valence-corrected chi connectivity index (χ1v) is 12.8. The van der Waals surface area contributed by atoms with Crippen LogP contribution < -0.4 is 0 Å². The van der Waals surface area contributed by atoms with Crippen molar-refractivity contribution in [2.24, 2.45) is 0 Å². The monoisotopic (exact) mass is 588 g/mol. The zero-order valence-electron chi connectivity index (χ0n) is 15.8. The highest BCUT2D eigenvalue weighted by atomic mass is 127. The molecule has 2 N–H and O–H groups in total. The van der Waals surface area contributed by atoms with Crippen molar-refractivity contribution in [2.45, 2.75) is 49.0 Å². The van der Waals surface area contributed by atoms with E-state index in [1.54, 1.807) is 0 Å². The molecular formula is C20H34I2N2O2+2. The van der Waals surface area contributed by atoms with Gasteiger partial charge in [0.1, 0.15) is 62.6 Å². The quantitative estimate of drug-likeness (QED) is 0.217. The molecule has 0 aromatic rings. The maximum absolute atomic E-state index is 11.1. The van der Waals surface area contributed by atoms with Crippen LogP contribution in [-0.2, 0) is 0 Å². The molecule has 3 aliphatic heterocycles. The summed E-state index contributed by atoms with van der Waals surface area (Å²) >= 11 is 5.01. The molecule has 2 spiro atoms. The van der Waals surface area contributed by atoms with Crippen LogP contribution in [0.25, 0.3) is 0 Å². The smallest absolute Gasteiger partial charge is 0.129 e. The van der Waals surface area contributed by atoms with Gasteiger partial charge in [0.25, 0.3) is 0 Å². The first kappa shape index (κ1) is 21.5. The third-order valence-corrected chi connectivity index (χ3v) is 9.42. The number of hydrogen-bond donors (Lipinski definition) is 2. The predicted octanol–water partition coefficient (Wildman–Crippen LogP) is 2.66. The van der Waals surface area contributed by atoms with Gasteiger partial charge in [-0.3, -0.25) is 0 Å². The molecule has 26 heavy (non-hydrogen) atoms. The van der Waals surface area contributed by atoms with Crippen LogP contribution in [0.3, 0.4) is 0 Å². The molecule has 0 aliphatic carbocycles. The summed E-state index contributed by atoms with van der Waals surface area (Å²) < 4.78 is 4.35. The minimum atomic E-state index is -0.572. The summed E-state index contributed by atoms with van der Waals surface area (Å²) in [7, 11) is 0. The van der Waals surface area contributed by atoms with Gasteiger partial charge in [0.05, 0.1) is 8.86 Å². The zero-order chi connectivity index (χ0) is 19.1. The molecule has 148 valence electrons. The van der Waals surface area contributed by atoms with Gasteiger partial charge in [0, 0.05) is 12.8 Å². The van der Waals surface area contributed by atoms with Crippen LogP contribution in [0.1, 0.15) is 25.7 Å². The van der Waals surface area contributed by atoms with Crippen molar-refractivity contribution in [2.75, 3.05) is 48.1 Å². The number of rotatable bonds is 6. The van der Waals surface area contributed by atoms with Crippen molar-refractivity contribution in [3.05, 3.63) is 25.3 Å². The summed E-state index contributed by atoms with van der Waals surface area (Å²) in [6.45, 7) is 14.0. The second kappa shape index (κ2) is 7.89. The van der Waals surface area contributed by atoms with Gasteiger partial charge >= 0.3 is 0 Å². The predicted molar refractivity (Wildman–Crippen MR) is 124 cm³/mol. The van der Waals surface area contributed by atoms with E-state index < -0.39 is 11.2 Å². The van der Waals surface area contributed by atoms with Crippen LogP contribution in [0.2, 0.25) is 0 Å². The van der Waals surface area contributed by atoms with Crippen LogP contribution in [0, 0.1) is 0 Å². The Labute approximate surface area is 185 Å². The van der Waals surface area contributed by atoms with Crippen molar-refractivity contribution < 1.29 is 19.2 Å². The van der Waals surface area contributed by atoms with Crippen LogP contribution in [0.15, 0.2) is 25.3 Å². The van der Waals surface area contributed by atoms with Gasteiger partial charge in [-0.2, -0.15) is 0 Å². The number of halogens is 2. The van der Waals surface area contributed by atoms with Crippen LogP contribution in [0.5, 0.6) is 0 Å². The minimum Gasteiger partial charge on any atom is -0.383 e. The molecule has 4 atom stereocenters. The molecule has 6 heteroatoms. The molecule has 0 saturated carbocycles. The lowest BCUT2D eigenvalue weighted by atomic mass is 9.97. The number of piperazine rings is 1. The summed E-state index contributed by atoms with van der Waals surface area (Å²) in [5.41, 5.74) is -1.14. The third kappa shape index (κ3) is 3.79. The Morgan fingerprint density at radius 1 is 0.808 bits per heavy atom. The van der Waals surface area contributed by atoms with Gasteiger partial charge in [-0.15, -0.1) is 13.2 Å². The summed E-state index contributed by atoms with van der Waals surface area (Å²) in [5.74, 6) is 0. The van der Waals surface area contributed by atoms with Crippen LogP contribution in [-0.4, -0.2) is 90.6 Å². The van der Waals surface area contributed by atoms with E-state index >= 15 is 0 Å². The highest BCUT2D eigenvalue weighted by Gasteiger charge is 2.61. The Morgan fingerprint density at radius 2 is 1.15 bits per heavy atom. The van der Waals surface area contributed by atoms with Crippen molar-refractivity contribution in [1.29, 1.82) is 0 Å². The normalized spacial score (nSPS) is 48.3. The fourth-order valence-electron chi connectivity index (χ4n) is 6.13. The Bertz CT molecular complexity index is 502. The molecule has 0 unspecified atom stereocenters.